The summed E-state index contributed by atoms with van der Waals surface area (Å²) in [6.07, 6.45) is -1.96. The van der Waals surface area contributed by atoms with Crippen LogP contribution in [-0.2, 0) is 4.79 Å². The molecule has 3 amide bonds. The van der Waals surface area contributed by atoms with Crippen LogP contribution in [0.1, 0.15) is 45.4 Å². The smallest absolute Gasteiger partial charge is 0.341 e. The van der Waals surface area contributed by atoms with Crippen LogP contribution in [0.15, 0.2) is 0 Å². The van der Waals surface area contributed by atoms with Crippen molar-refractivity contribution in [2.24, 2.45) is 5.92 Å². The van der Waals surface area contributed by atoms with Crippen LogP contribution >= 0.6 is 0 Å². The van der Waals surface area contributed by atoms with Gasteiger partial charge in [-0.1, -0.05) is 13.3 Å². The van der Waals surface area contributed by atoms with Crippen molar-refractivity contribution in [1.29, 1.82) is 0 Å². The number of halogens is 3. The standard InChI is InChI=1S/C15H24F3N3O2/c1-2-13(22)21-7-6-12(9-21)20-14(23)19-11-5-3-4-10(8-11)15(16,17)18/h10-12H,2-9H2,1H3,(H2,19,20,23)/t10-,11-,12-/m0/s1. The average Bonchev–Trinajstić information content (AvgIpc) is 2.94. The van der Waals surface area contributed by atoms with E-state index in [2.05, 4.69) is 10.6 Å². The van der Waals surface area contributed by atoms with Gasteiger partial charge in [0.05, 0.1) is 5.92 Å². The molecule has 0 aromatic heterocycles. The molecule has 3 atom stereocenters. The quantitative estimate of drug-likeness (QED) is 0.832. The Balaban J connectivity index is 1.76. The molecule has 2 fully saturated rings. The molecule has 5 nitrogen and oxygen atoms in total. The van der Waals surface area contributed by atoms with E-state index in [0.717, 1.165) is 0 Å². The minimum Gasteiger partial charge on any atom is -0.341 e. The Kier molecular flexibility index (Phi) is 5.75. The van der Waals surface area contributed by atoms with E-state index >= 15 is 0 Å². The lowest BCUT2D eigenvalue weighted by Crippen LogP contribution is -2.49. The van der Waals surface area contributed by atoms with E-state index in [1.165, 1.54) is 0 Å². The van der Waals surface area contributed by atoms with Gasteiger partial charge in [0.1, 0.15) is 0 Å². The fourth-order valence-electron chi connectivity index (χ4n) is 3.36. The third-order valence-electron chi connectivity index (χ3n) is 4.65. The minimum atomic E-state index is -4.19. The van der Waals surface area contributed by atoms with Gasteiger partial charge in [0, 0.05) is 31.6 Å². The predicted octanol–water partition coefficient (Wildman–Crippen LogP) is 2.42. The maximum atomic E-state index is 12.8. The van der Waals surface area contributed by atoms with Crippen molar-refractivity contribution in [3.05, 3.63) is 0 Å². The van der Waals surface area contributed by atoms with Crippen LogP contribution in [0.5, 0.6) is 0 Å². The molecular weight excluding hydrogens is 311 g/mol. The molecule has 1 saturated carbocycles. The van der Waals surface area contributed by atoms with Gasteiger partial charge in [-0.3, -0.25) is 4.79 Å². The van der Waals surface area contributed by atoms with Gasteiger partial charge in [-0.15, -0.1) is 0 Å². The summed E-state index contributed by atoms with van der Waals surface area (Å²) >= 11 is 0. The van der Waals surface area contributed by atoms with Crippen LogP contribution in [0.3, 0.4) is 0 Å². The van der Waals surface area contributed by atoms with E-state index in [9.17, 15) is 22.8 Å². The number of alkyl halides is 3. The number of nitrogens with zero attached hydrogens (tertiary/aromatic N) is 1. The van der Waals surface area contributed by atoms with Crippen molar-refractivity contribution < 1.29 is 22.8 Å². The van der Waals surface area contributed by atoms with E-state index in [-0.39, 0.29) is 24.8 Å². The molecule has 132 valence electrons. The Morgan fingerprint density at radius 3 is 2.48 bits per heavy atom. The molecule has 0 aromatic carbocycles. The van der Waals surface area contributed by atoms with E-state index in [4.69, 9.17) is 0 Å². The Hall–Kier alpha value is -1.47. The van der Waals surface area contributed by atoms with Crippen molar-refractivity contribution in [1.82, 2.24) is 15.5 Å². The highest BCUT2D eigenvalue weighted by Crippen LogP contribution is 2.37. The van der Waals surface area contributed by atoms with Crippen molar-refractivity contribution >= 4 is 11.9 Å². The lowest BCUT2D eigenvalue weighted by Gasteiger charge is -2.31. The molecule has 0 aromatic rings. The number of likely N-dealkylation sites (tertiary alicyclic amines) is 1. The molecule has 1 aliphatic carbocycles. The summed E-state index contributed by atoms with van der Waals surface area (Å²) in [5, 5.41) is 5.42. The lowest BCUT2D eigenvalue weighted by molar-refractivity contribution is -0.183. The summed E-state index contributed by atoms with van der Waals surface area (Å²) in [6, 6.07) is -1.01. The first-order valence-electron chi connectivity index (χ1n) is 8.21. The molecule has 2 rings (SSSR count). The summed E-state index contributed by atoms with van der Waals surface area (Å²) < 4.78 is 38.3. The highest BCUT2D eigenvalue weighted by atomic mass is 19.4. The maximum Gasteiger partial charge on any atom is 0.391 e. The largest absolute Gasteiger partial charge is 0.391 e. The number of rotatable bonds is 3. The number of carbonyl (C=O) groups is 2. The van der Waals surface area contributed by atoms with Crippen molar-refractivity contribution in [2.75, 3.05) is 13.1 Å². The molecule has 0 spiro atoms. The topological polar surface area (TPSA) is 61.4 Å². The second kappa shape index (κ2) is 7.40. The molecule has 1 heterocycles. The van der Waals surface area contributed by atoms with Crippen LogP contribution in [0.25, 0.3) is 0 Å². The SMILES string of the molecule is CCC(=O)N1CC[C@H](NC(=O)N[C@H]2CCC[C@H](C(F)(F)F)C2)C1. The molecule has 0 unspecified atom stereocenters. The molecule has 1 aliphatic heterocycles. The van der Waals surface area contributed by atoms with Crippen LogP contribution in [0, 0.1) is 5.92 Å². The zero-order chi connectivity index (χ0) is 17.0. The first-order chi connectivity index (χ1) is 10.8. The second-order valence-electron chi connectivity index (χ2n) is 6.40. The van der Waals surface area contributed by atoms with Crippen molar-refractivity contribution in [3.8, 4) is 0 Å². The Morgan fingerprint density at radius 2 is 1.83 bits per heavy atom. The molecule has 0 radical (unpaired) electrons. The zero-order valence-corrected chi connectivity index (χ0v) is 13.3. The molecule has 0 bridgehead atoms. The number of carbonyl (C=O) groups excluding carboxylic acids is 2. The van der Waals surface area contributed by atoms with Gasteiger partial charge in [-0.05, 0) is 25.7 Å². The van der Waals surface area contributed by atoms with Crippen LogP contribution in [0.4, 0.5) is 18.0 Å². The Bertz CT molecular complexity index is 442. The van der Waals surface area contributed by atoms with Gasteiger partial charge >= 0.3 is 12.2 Å². The Labute approximate surface area is 134 Å². The molecule has 1 saturated heterocycles. The predicted molar refractivity (Wildman–Crippen MR) is 78.7 cm³/mol. The van der Waals surface area contributed by atoms with Crippen LogP contribution < -0.4 is 10.6 Å². The van der Waals surface area contributed by atoms with E-state index in [0.29, 0.717) is 38.8 Å². The molecule has 2 N–H and O–H groups in total. The van der Waals surface area contributed by atoms with Gasteiger partial charge in [0.15, 0.2) is 0 Å². The number of urea groups is 1. The van der Waals surface area contributed by atoms with Gasteiger partial charge in [-0.25, -0.2) is 4.79 Å². The van der Waals surface area contributed by atoms with Crippen molar-refractivity contribution in [3.63, 3.8) is 0 Å². The third-order valence-corrected chi connectivity index (χ3v) is 4.65. The minimum absolute atomic E-state index is 0.0509. The zero-order valence-electron chi connectivity index (χ0n) is 13.3. The van der Waals surface area contributed by atoms with Crippen molar-refractivity contribution in [2.45, 2.75) is 63.7 Å². The normalized spacial score (nSPS) is 28.5. The summed E-state index contributed by atoms with van der Waals surface area (Å²) in [6.45, 7) is 2.86. The molecule has 23 heavy (non-hydrogen) atoms. The van der Waals surface area contributed by atoms with Gasteiger partial charge in [0.25, 0.3) is 0 Å². The van der Waals surface area contributed by atoms with E-state index < -0.39 is 24.2 Å². The number of amides is 3. The summed E-state index contributed by atoms with van der Waals surface area (Å²) in [5.41, 5.74) is 0. The Morgan fingerprint density at radius 1 is 1.13 bits per heavy atom. The van der Waals surface area contributed by atoms with Gasteiger partial charge in [0.2, 0.25) is 5.91 Å². The summed E-state index contributed by atoms with van der Waals surface area (Å²) in [4.78, 5) is 25.2. The molecule has 2 aliphatic rings. The first-order valence-corrected chi connectivity index (χ1v) is 8.21. The molecule has 8 heteroatoms. The van der Waals surface area contributed by atoms with E-state index in [1.54, 1.807) is 11.8 Å². The fraction of sp³-hybridized carbons (Fsp3) is 0.867. The maximum absolute atomic E-state index is 12.8. The summed E-state index contributed by atoms with van der Waals surface area (Å²) in [7, 11) is 0. The number of hydrogen-bond acceptors (Lipinski definition) is 2. The number of hydrogen-bond donors (Lipinski definition) is 2. The van der Waals surface area contributed by atoms with E-state index in [1.807, 2.05) is 0 Å². The molecular formula is C15H24F3N3O2. The second-order valence-corrected chi connectivity index (χ2v) is 6.40. The van der Waals surface area contributed by atoms with Gasteiger partial charge in [-0.2, -0.15) is 13.2 Å². The average molecular weight is 335 g/mol. The highest BCUT2D eigenvalue weighted by molar-refractivity contribution is 5.77. The lowest BCUT2D eigenvalue weighted by atomic mass is 9.85. The fourth-order valence-corrected chi connectivity index (χ4v) is 3.36. The van der Waals surface area contributed by atoms with Crippen LogP contribution in [-0.4, -0.2) is 48.2 Å². The highest BCUT2D eigenvalue weighted by Gasteiger charge is 2.42. The number of nitrogens with one attached hydrogen (secondary N) is 2. The summed E-state index contributed by atoms with van der Waals surface area (Å²) in [5.74, 6) is -1.28. The first kappa shape index (κ1) is 17.9. The third kappa shape index (κ3) is 5.00. The van der Waals surface area contributed by atoms with Gasteiger partial charge < -0.3 is 15.5 Å². The monoisotopic (exact) mass is 335 g/mol. The van der Waals surface area contributed by atoms with Crippen LogP contribution in [0.2, 0.25) is 0 Å².